The van der Waals surface area contributed by atoms with Crippen molar-refractivity contribution in [3.8, 4) is 0 Å². The van der Waals surface area contributed by atoms with Gasteiger partial charge in [-0.15, -0.1) is 11.8 Å². The first kappa shape index (κ1) is 21.8. The van der Waals surface area contributed by atoms with E-state index >= 15 is 0 Å². The standard InChI is InChI=1S/C21H25NO5S/c1-11-7-8-12(2)16(9-11)28-10-17(23)27-15(5)20(24)19-13(3)18(14(4)22-19)21(25)26-6/h7-9,15,22H,10H2,1-6H3. The topological polar surface area (TPSA) is 85.5 Å². The molecule has 1 atom stereocenters. The highest BCUT2D eigenvalue weighted by Crippen LogP contribution is 2.24. The molecule has 0 saturated heterocycles. The maximum Gasteiger partial charge on any atom is 0.339 e. The van der Waals surface area contributed by atoms with Crippen LogP contribution in [0.1, 0.15) is 50.2 Å². The molecule has 0 saturated carbocycles. The molecular formula is C21H25NO5S. The highest BCUT2D eigenvalue weighted by atomic mass is 32.2. The van der Waals surface area contributed by atoms with E-state index in [1.165, 1.54) is 25.8 Å². The van der Waals surface area contributed by atoms with Crippen LogP contribution in [0.5, 0.6) is 0 Å². The number of carbonyl (C=O) groups is 3. The molecule has 0 radical (unpaired) electrons. The fourth-order valence-electron chi connectivity index (χ4n) is 2.89. The van der Waals surface area contributed by atoms with E-state index in [0.29, 0.717) is 16.8 Å². The Morgan fingerprint density at radius 1 is 1.14 bits per heavy atom. The van der Waals surface area contributed by atoms with Crippen molar-refractivity contribution in [1.29, 1.82) is 0 Å². The Morgan fingerprint density at radius 2 is 1.82 bits per heavy atom. The van der Waals surface area contributed by atoms with Crippen LogP contribution in [0.3, 0.4) is 0 Å². The Bertz CT molecular complexity index is 916. The van der Waals surface area contributed by atoms with Crippen molar-refractivity contribution in [2.24, 2.45) is 0 Å². The lowest BCUT2D eigenvalue weighted by Gasteiger charge is -2.13. The zero-order valence-corrected chi connectivity index (χ0v) is 17.8. The summed E-state index contributed by atoms with van der Waals surface area (Å²) < 4.78 is 10.1. The summed E-state index contributed by atoms with van der Waals surface area (Å²) in [6.45, 7) is 8.85. The monoisotopic (exact) mass is 403 g/mol. The van der Waals surface area contributed by atoms with Gasteiger partial charge in [0, 0.05) is 10.6 Å². The number of carbonyl (C=O) groups excluding carboxylic acids is 3. The maximum atomic E-state index is 12.7. The minimum atomic E-state index is -0.964. The van der Waals surface area contributed by atoms with Gasteiger partial charge in [0.25, 0.3) is 0 Å². The van der Waals surface area contributed by atoms with Crippen LogP contribution in [0.4, 0.5) is 0 Å². The minimum absolute atomic E-state index is 0.109. The van der Waals surface area contributed by atoms with Crippen molar-refractivity contribution in [3.63, 3.8) is 0 Å². The van der Waals surface area contributed by atoms with E-state index in [-0.39, 0.29) is 17.2 Å². The van der Waals surface area contributed by atoms with Crippen LogP contribution < -0.4 is 0 Å². The number of esters is 2. The maximum absolute atomic E-state index is 12.7. The number of ketones is 1. The first-order valence-corrected chi connectivity index (χ1v) is 9.85. The number of rotatable bonds is 7. The lowest BCUT2D eigenvalue weighted by atomic mass is 10.1. The van der Waals surface area contributed by atoms with Gasteiger partial charge in [-0.05, 0) is 51.8 Å². The van der Waals surface area contributed by atoms with Crippen molar-refractivity contribution in [2.75, 3.05) is 12.9 Å². The number of aromatic amines is 1. The molecule has 1 aromatic heterocycles. The van der Waals surface area contributed by atoms with Gasteiger partial charge in [0.05, 0.1) is 24.1 Å². The highest BCUT2D eigenvalue weighted by molar-refractivity contribution is 8.00. The number of ether oxygens (including phenoxy) is 2. The Morgan fingerprint density at radius 3 is 2.46 bits per heavy atom. The molecular weight excluding hydrogens is 378 g/mol. The van der Waals surface area contributed by atoms with Crippen LogP contribution in [-0.2, 0) is 14.3 Å². The summed E-state index contributed by atoms with van der Waals surface area (Å²) in [5.41, 5.74) is 3.80. The fourth-order valence-corrected chi connectivity index (χ4v) is 3.80. The molecule has 2 aromatic rings. The molecule has 150 valence electrons. The summed E-state index contributed by atoms with van der Waals surface area (Å²) in [5, 5.41) is 0. The number of hydrogen-bond donors (Lipinski definition) is 1. The molecule has 1 N–H and O–H groups in total. The molecule has 0 spiro atoms. The number of methoxy groups -OCH3 is 1. The average molecular weight is 404 g/mol. The SMILES string of the molecule is COC(=O)c1c(C)[nH]c(C(=O)C(C)OC(=O)CSc2cc(C)ccc2C)c1C. The lowest BCUT2D eigenvalue weighted by molar-refractivity contribution is -0.143. The molecule has 1 heterocycles. The number of Topliss-reactive ketones (excluding diaryl/α,β-unsaturated/α-hetero) is 1. The molecule has 28 heavy (non-hydrogen) atoms. The van der Waals surface area contributed by atoms with Crippen molar-refractivity contribution in [3.05, 3.63) is 51.8 Å². The highest BCUT2D eigenvalue weighted by Gasteiger charge is 2.27. The molecule has 0 aliphatic heterocycles. The summed E-state index contributed by atoms with van der Waals surface area (Å²) in [7, 11) is 1.29. The third kappa shape index (κ3) is 4.84. The van der Waals surface area contributed by atoms with Gasteiger partial charge in [0.1, 0.15) is 0 Å². The Kier molecular flexibility index (Phi) is 7.07. The summed E-state index contributed by atoms with van der Waals surface area (Å²) in [4.78, 5) is 40.7. The molecule has 1 unspecified atom stereocenters. The van der Waals surface area contributed by atoms with Gasteiger partial charge in [-0.25, -0.2) is 4.79 Å². The fraction of sp³-hybridized carbons (Fsp3) is 0.381. The van der Waals surface area contributed by atoms with Gasteiger partial charge in [-0.3, -0.25) is 9.59 Å². The van der Waals surface area contributed by atoms with E-state index in [4.69, 9.17) is 9.47 Å². The quantitative estimate of drug-likeness (QED) is 0.428. The second kappa shape index (κ2) is 9.10. The lowest BCUT2D eigenvalue weighted by Crippen LogP contribution is -2.26. The third-order valence-corrected chi connectivity index (χ3v) is 5.57. The van der Waals surface area contributed by atoms with E-state index in [2.05, 4.69) is 4.98 Å². The Balaban J connectivity index is 2.03. The molecule has 0 aliphatic rings. The Hall–Kier alpha value is -2.54. The van der Waals surface area contributed by atoms with Crippen LogP contribution in [0.2, 0.25) is 0 Å². The van der Waals surface area contributed by atoms with Crippen molar-refractivity contribution >= 4 is 29.5 Å². The van der Waals surface area contributed by atoms with Crippen molar-refractivity contribution < 1.29 is 23.9 Å². The van der Waals surface area contributed by atoms with Gasteiger partial charge in [0.2, 0.25) is 5.78 Å². The smallest absolute Gasteiger partial charge is 0.339 e. The minimum Gasteiger partial charge on any atom is -0.465 e. The number of H-pyrrole nitrogens is 1. The molecule has 0 fully saturated rings. The average Bonchev–Trinajstić information content (AvgIpc) is 2.95. The largest absolute Gasteiger partial charge is 0.465 e. The number of benzene rings is 1. The van der Waals surface area contributed by atoms with Crippen LogP contribution in [0.25, 0.3) is 0 Å². The number of aromatic nitrogens is 1. The molecule has 0 aliphatic carbocycles. The summed E-state index contributed by atoms with van der Waals surface area (Å²) in [6, 6.07) is 6.04. The van der Waals surface area contributed by atoms with Gasteiger partial charge < -0.3 is 14.5 Å². The number of nitrogens with one attached hydrogen (secondary N) is 1. The van der Waals surface area contributed by atoms with E-state index < -0.39 is 18.0 Å². The van der Waals surface area contributed by atoms with Crippen LogP contribution >= 0.6 is 11.8 Å². The second-order valence-electron chi connectivity index (χ2n) is 6.67. The van der Waals surface area contributed by atoms with E-state index in [1.807, 2.05) is 32.0 Å². The molecule has 1 aromatic carbocycles. The molecule has 6 nitrogen and oxygen atoms in total. The first-order chi connectivity index (χ1) is 13.1. The zero-order chi connectivity index (χ0) is 21.0. The van der Waals surface area contributed by atoms with Crippen molar-refractivity contribution in [2.45, 2.75) is 45.6 Å². The number of aryl methyl sites for hydroxylation is 3. The second-order valence-corrected chi connectivity index (χ2v) is 7.69. The third-order valence-electron chi connectivity index (χ3n) is 4.44. The van der Waals surface area contributed by atoms with E-state index in [9.17, 15) is 14.4 Å². The number of thioether (sulfide) groups is 1. The first-order valence-electron chi connectivity index (χ1n) is 8.86. The van der Waals surface area contributed by atoms with Crippen molar-refractivity contribution in [1.82, 2.24) is 4.98 Å². The van der Waals surface area contributed by atoms with Gasteiger partial charge >= 0.3 is 11.9 Å². The van der Waals surface area contributed by atoms with E-state index in [1.54, 1.807) is 13.8 Å². The predicted octanol–water partition coefficient (Wildman–Crippen LogP) is 3.94. The summed E-state index contributed by atoms with van der Waals surface area (Å²) >= 11 is 1.38. The molecule has 0 bridgehead atoms. The zero-order valence-electron chi connectivity index (χ0n) is 17.0. The van der Waals surface area contributed by atoms with Crippen LogP contribution in [-0.4, -0.2) is 41.7 Å². The van der Waals surface area contributed by atoms with Crippen LogP contribution in [0, 0.1) is 27.7 Å². The van der Waals surface area contributed by atoms with Gasteiger partial charge in [0.15, 0.2) is 6.10 Å². The van der Waals surface area contributed by atoms with E-state index in [0.717, 1.165) is 16.0 Å². The number of hydrogen-bond acceptors (Lipinski definition) is 6. The normalized spacial score (nSPS) is 11.8. The Labute approximate surface area is 169 Å². The molecule has 0 amide bonds. The molecule has 7 heteroatoms. The summed E-state index contributed by atoms with van der Waals surface area (Å²) in [5.74, 6) is -1.26. The summed E-state index contributed by atoms with van der Waals surface area (Å²) in [6.07, 6.45) is -0.964. The van der Waals surface area contributed by atoms with Crippen LogP contribution in [0.15, 0.2) is 23.1 Å². The predicted molar refractivity (Wildman–Crippen MR) is 108 cm³/mol. The molecule has 2 rings (SSSR count). The van der Waals surface area contributed by atoms with Gasteiger partial charge in [-0.1, -0.05) is 17.7 Å². The van der Waals surface area contributed by atoms with Gasteiger partial charge in [-0.2, -0.15) is 0 Å².